The zero-order valence-electron chi connectivity index (χ0n) is 18.9. The van der Waals surface area contributed by atoms with Crippen molar-refractivity contribution in [2.75, 3.05) is 0 Å². The maximum absolute atomic E-state index is 14.7. The molecule has 0 heterocycles. The second-order valence-corrected chi connectivity index (χ2v) is 8.96. The van der Waals surface area contributed by atoms with E-state index in [4.69, 9.17) is 4.74 Å². The van der Waals surface area contributed by atoms with Crippen LogP contribution in [0.3, 0.4) is 0 Å². The smallest absolute Gasteiger partial charge is 0.429 e. The molecule has 0 spiro atoms. The second kappa shape index (κ2) is 9.75. The average Bonchev–Trinajstić information content (AvgIpc) is 2.79. The molecule has 1 aliphatic rings. The molecule has 4 rings (SSSR count). The van der Waals surface area contributed by atoms with E-state index < -0.39 is 17.5 Å². The van der Waals surface area contributed by atoms with Gasteiger partial charge in [-0.1, -0.05) is 61.4 Å². The molecule has 33 heavy (non-hydrogen) atoms. The van der Waals surface area contributed by atoms with Gasteiger partial charge in [-0.25, -0.2) is 4.39 Å². The molecule has 0 N–H and O–H groups in total. The maximum Gasteiger partial charge on any atom is 0.429 e. The van der Waals surface area contributed by atoms with Crippen molar-refractivity contribution in [1.29, 1.82) is 0 Å². The van der Waals surface area contributed by atoms with Crippen LogP contribution in [-0.4, -0.2) is 0 Å². The highest BCUT2D eigenvalue weighted by atomic mass is 19.3. The Balaban J connectivity index is 1.45. The summed E-state index contributed by atoms with van der Waals surface area (Å²) in [5.41, 5.74) is 2.52. The summed E-state index contributed by atoms with van der Waals surface area (Å²) in [4.78, 5) is 0. The Morgan fingerprint density at radius 3 is 2.06 bits per heavy atom. The van der Waals surface area contributed by atoms with Crippen molar-refractivity contribution in [1.82, 2.24) is 0 Å². The van der Waals surface area contributed by atoms with Gasteiger partial charge < -0.3 is 4.74 Å². The molecule has 0 saturated heterocycles. The molecular weight excluding hydrogens is 421 g/mol. The second-order valence-electron chi connectivity index (χ2n) is 8.96. The molecule has 0 atom stereocenters. The molecule has 0 amide bonds. The van der Waals surface area contributed by atoms with E-state index in [-0.39, 0.29) is 5.75 Å². The van der Waals surface area contributed by atoms with Gasteiger partial charge in [0.25, 0.3) is 0 Å². The van der Waals surface area contributed by atoms with Crippen LogP contribution in [0, 0.1) is 30.5 Å². The van der Waals surface area contributed by atoms with Crippen LogP contribution in [-0.2, 0) is 6.11 Å². The largest absolute Gasteiger partial charge is 0.429 e. The van der Waals surface area contributed by atoms with E-state index in [2.05, 4.69) is 18.8 Å². The molecule has 1 saturated carbocycles. The van der Waals surface area contributed by atoms with Gasteiger partial charge in [0.1, 0.15) is 17.1 Å². The minimum atomic E-state index is -3.80. The zero-order chi connectivity index (χ0) is 23.4. The third kappa shape index (κ3) is 5.79. The van der Waals surface area contributed by atoms with Crippen molar-refractivity contribution in [2.24, 2.45) is 5.92 Å². The first-order chi connectivity index (χ1) is 15.8. The molecule has 3 aromatic carbocycles. The number of benzene rings is 3. The number of rotatable bonds is 4. The summed E-state index contributed by atoms with van der Waals surface area (Å²) in [5.74, 6) is 5.89. The summed E-state index contributed by atoms with van der Waals surface area (Å²) in [6.45, 7) is 4.23. The molecule has 0 bridgehead atoms. The molecule has 1 aliphatic carbocycles. The molecule has 0 unspecified atom stereocenters. The number of aryl methyl sites for hydroxylation is 1. The molecule has 0 radical (unpaired) electrons. The van der Waals surface area contributed by atoms with E-state index in [9.17, 15) is 13.2 Å². The SMILES string of the molecule is Cc1ccc(C#Cc2ccc(C(F)(F)Oc3ccc(C4CCC(C)CC4)cc3)c(F)c2)cc1. The summed E-state index contributed by atoms with van der Waals surface area (Å²) in [7, 11) is 0. The Morgan fingerprint density at radius 1 is 0.818 bits per heavy atom. The highest BCUT2D eigenvalue weighted by molar-refractivity contribution is 5.44. The summed E-state index contributed by atoms with van der Waals surface area (Å²) in [5, 5.41) is 0. The van der Waals surface area contributed by atoms with E-state index in [0.29, 0.717) is 11.5 Å². The number of ether oxygens (including phenoxy) is 1. The maximum atomic E-state index is 14.7. The van der Waals surface area contributed by atoms with Gasteiger partial charge >= 0.3 is 6.11 Å². The van der Waals surface area contributed by atoms with Gasteiger partial charge in [-0.2, -0.15) is 8.78 Å². The van der Waals surface area contributed by atoms with Gasteiger partial charge in [-0.3, -0.25) is 0 Å². The van der Waals surface area contributed by atoms with Gasteiger partial charge in [0.05, 0.1) is 0 Å². The average molecular weight is 449 g/mol. The van der Waals surface area contributed by atoms with E-state index >= 15 is 0 Å². The van der Waals surface area contributed by atoms with E-state index in [1.165, 1.54) is 18.9 Å². The van der Waals surface area contributed by atoms with Gasteiger partial charge in [0.2, 0.25) is 0 Å². The number of hydrogen-bond acceptors (Lipinski definition) is 1. The van der Waals surface area contributed by atoms with Crippen LogP contribution in [0.2, 0.25) is 0 Å². The predicted octanol–water partition coefficient (Wildman–Crippen LogP) is 7.96. The van der Waals surface area contributed by atoms with Crippen molar-refractivity contribution in [2.45, 2.75) is 51.6 Å². The molecule has 0 aromatic heterocycles. The lowest BCUT2D eigenvalue weighted by Crippen LogP contribution is -2.23. The quantitative estimate of drug-likeness (QED) is 0.368. The van der Waals surface area contributed by atoms with E-state index in [0.717, 1.165) is 47.6 Å². The van der Waals surface area contributed by atoms with Gasteiger partial charge in [-0.05, 0) is 79.6 Å². The fourth-order valence-corrected chi connectivity index (χ4v) is 4.21. The fraction of sp³-hybridized carbons (Fsp3) is 0.310. The topological polar surface area (TPSA) is 9.23 Å². The molecular formula is C29H27F3O. The first-order valence-corrected chi connectivity index (χ1v) is 11.4. The predicted molar refractivity (Wildman–Crippen MR) is 125 cm³/mol. The van der Waals surface area contributed by atoms with Crippen LogP contribution < -0.4 is 4.74 Å². The highest BCUT2D eigenvalue weighted by Crippen LogP contribution is 2.37. The van der Waals surface area contributed by atoms with Crippen LogP contribution in [0.25, 0.3) is 0 Å². The summed E-state index contributed by atoms with van der Waals surface area (Å²) in [6.07, 6.45) is 0.801. The minimum absolute atomic E-state index is 0.00978. The Morgan fingerprint density at radius 2 is 1.42 bits per heavy atom. The zero-order valence-corrected chi connectivity index (χ0v) is 18.9. The standard InChI is InChI=1S/C29H27F3O/c1-20-3-7-22(8-4-20)9-10-23-11-18-27(28(30)19-23)29(31,32)33-26-16-14-25(15-17-26)24-12-5-21(2)6-13-24/h3-4,7-8,11,14-19,21,24H,5-6,12-13H2,1-2H3. The molecule has 4 heteroatoms. The number of halogens is 3. The fourth-order valence-electron chi connectivity index (χ4n) is 4.21. The Hall–Kier alpha value is -3.19. The Labute approximate surface area is 193 Å². The van der Waals surface area contributed by atoms with Crippen molar-refractivity contribution in [3.8, 4) is 17.6 Å². The normalized spacial score (nSPS) is 18.3. The number of hydrogen-bond donors (Lipinski definition) is 0. The Bertz CT molecular complexity index is 1150. The molecule has 0 aliphatic heterocycles. The lowest BCUT2D eigenvalue weighted by molar-refractivity contribution is -0.187. The summed E-state index contributed by atoms with van der Waals surface area (Å²) in [6, 6.07) is 17.8. The van der Waals surface area contributed by atoms with Crippen molar-refractivity contribution >= 4 is 0 Å². The third-order valence-electron chi connectivity index (χ3n) is 6.30. The van der Waals surface area contributed by atoms with Gasteiger partial charge in [0, 0.05) is 11.1 Å². The molecule has 3 aromatic rings. The molecule has 1 fully saturated rings. The summed E-state index contributed by atoms with van der Waals surface area (Å²) < 4.78 is 48.9. The lowest BCUT2D eigenvalue weighted by Gasteiger charge is -2.26. The van der Waals surface area contributed by atoms with Crippen LogP contribution in [0.5, 0.6) is 5.75 Å². The van der Waals surface area contributed by atoms with Crippen molar-refractivity contribution in [3.63, 3.8) is 0 Å². The Kier molecular flexibility index (Phi) is 6.79. The van der Waals surface area contributed by atoms with Crippen LogP contribution in [0.1, 0.15) is 66.3 Å². The first kappa shape index (κ1) is 23.0. The van der Waals surface area contributed by atoms with Gasteiger partial charge in [-0.15, -0.1) is 0 Å². The minimum Gasteiger partial charge on any atom is -0.429 e. The monoisotopic (exact) mass is 448 g/mol. The first-order valence-electron chi connectivity index (χ1n) is 11.4. The molecule has 170 valence electrons. The van der Waals surface area contributed by atoms with Crippen LogP contribution >= 0.6 is 0 Å². The van der Waals surface area contributed by atoms with Crippen molar-refractivity contribution in [3.05, 3.63) is 100 Å². The summed E-state index contributed by atoms with van der Waals surface area (Å²) >= 11 is 0. The third-order valence-corrected chi connectivity index (χ3v) is 6.30. The van der Waals surface area contributed by atoms with Gasteiger partial charge in [0.15, 0.2) is 0 Å². The van der Waals surface area contributed by atoms with E-state index in [1.807, 2.05) is 43.3 Å². The lowest BCUT2D eigenvalue weighted by atomic mass is 9.79. The van der Waals surface area contributed by atoms with Crippen molar-refractivity contribution < 1.29 is 17.9 Å². The van der Waals surface area contributed by atoms with Crippen LogP contribution in [0.15, 0.2) is 66.7 Å². The highest BCUT2D eigenvalue weighted by Gasteiger charge is 2.37. The van der Waals surface area contributed by atoms with Crippen LogP contribution in [0.4, 0.5) is 13.2 Å². The molecule has 1 nitrogen and oxygen atoms in total. The van der Waals surface area contributed by atoms with E-state index in [1.54, 1.807) is 12.1 Å². The number of alkyl halides is 2.